The molecule has 1 heterocycles. The van der Waals surface area contributed by atoms with Crippen molar-refractivity contribution in [3.05, 3.63) is 22.4 Å². The summed E-state index contributed by atoms with van der Waals surface area (Å²) in [6.45, 7) is 5.32. The summed E-state index contributed by atoms with van der Waals surface area (Å²) in [4.78, 5) is 24.0. The summed E-state index contributed by atoms with van der Waals surface area (Å²) in [5, 5.41) is 1.85. The Morgan fingerprint density at radius 2 is 1.93 bits per heavy atom. The molecule has 0 amide bonds. The van der Waals surface area contributed by atoms with Crippen molar-refractivity contribution in [2.24, 2.45) is 11.8 Å². The van der Waals surface area contributed by atoms with Gasteiger partial charge in [0, 0.05) is 5.92 Å². The summed E-state index contributed by atoms with van der Waals surface area (Å²) in [5.41, 5.74) is 0. The van der Waals surface area contributed by atoms with Crippen LogP contribution < -0.4 is 0 Å². The van der Waals surface area contributed by atoms with Gasteiger partial charge in [0.05, 0.1) is 10.8 Å². The summed E-state index contributed by atoms with van der Waals surface area (Å²) in [6, 6.07) is 3.58. The molecule has 0 spiro atoms. The number of hydrogen-bond donors (Lipinski definition) is 0. The fraction of sp³-hybridized carbons (Fsp3) is 0.455. The standard InChI is InChI=1S/C11H14O2S/c1-7(2)10(12)8(3)11(13)9-5-4-6-14-9/h4-8H,1-3H3. The molecule has 76 valence electrons. The van der Waals surface area contributed by atoms with Crippen molar-refractivity contribution >= 4 is 22.9 Å². The van der Waals surface area contributed by atoms with Gasteiger partial charge in [0.1, 0.15) is 5.78 Å². The van der Waals surface area contributed by atoms with Crippen molar-refractivity contribution in [1.82, 2.24) is 0 Å². The maximum absolute atomic E-state index is 11.7. The molecule has 1 aromatic rings. The van der Waals surface area contributed by atoms with Gasteiger partial charge in [-0.25, -0.2) is 0 Å². The molecule has 0 N–H and O–H groups in total. The first kappa shape index (κ1) is 11.1. The molecule has 14 heavy (non-hydrogen) atoms. The Bertz CT molecular complexity index is 325. The average Bonchev–Trinajstić information content (AvgIpc) is 2.67. The molecule has 1 rings (SSSR count). The molecule has 0 saturated heterocycles. The Balaban J connectivity index is 2.76. The van der Waals surface area contributed by atoms with E-state index in [4.69, 9.17) is 0 Å². The number of thiophene rings is 1. The van der Waals surface area contributed by atoms with E-state index >= 15 is 0 Å². The molecule has 3 heteroatoms. The van der Waals surface area contributed by atoms with Crippen LogP contribution in [0.4, 0.5) is 0 Å². The zero-order chi connectivity index (χ0) is 10.7. The zero-order valence-corrected chi connectivity index (χ0v) is 9.43. The second-order valence-corrected chi connectivity index (χ2v) is 4.57. The van der Waals surface area contributed by atoms with Crippen molar-refractivity contribution in [2.45, 2.75) is 20.8 Å². The van der Waals surface area contributed by atoms with Crippen LogP contribution in [-0.2, 0) is 4.79 Å². The van der Waals surface area contributed by atoms with E-state index in [2.05, 4.69) is 0 Å². The predicted molar refractivity (Wildman–Crippen MR) is 57.7 cm³/mol. The lowest BCUT2D eigenvalue weighted by atomic mass is 9.93. The molecule has 1 unspecified atom stereocenters. The Kier molecular flexibility index (Phi) is 3.58. The molecule has 0 aliphatic carbocycles. The molecular weight excluding hydrogens is 196 g/mol. The molecule has 0 fully saturated rings. The lowest BCUT2D eigenvalue weighted by Crippen LogP contribution is -2.24. The van der Waals surface area contributed by atoms with E-state index in [1.807, 2.05) is 25.3 Å². The van der Waals surface area contributed by atoms with Gasteiger partial charge in [-0.2, -0.15) is 0 Å². The Morgan fingerprint density at radius 1 is 1.29 bits per heavy atom. The lowest BCUT2D eigenvalue weighted by Gasteiger charge is -2.10. The smallest absolute Gasteiger partial charge is 0.182 e. The monoisotopic (exact) mass is 210 g/mol. The molecule has 0 aromatic carbocycles. The number of ketones is 2. The molecule has 1 aromatic heterocycles. The maximum atomic E-state index is 11.7. The van der Waals surface area contributed by atoms with E-state index in [0.717, 1.165) is 0 Å². The first-order chi connectivity index (χ1) is 6.54. The third-order valence-corrected chi connectivity index (χ3v) is 3.04. The highest BCUT2D eigenvalue weighted by Gasteiger charge is 2.24. The van der Waals surface area contributed by atoms with Crippen LogP contribution in [0.15, 0.2) is 17.5 Å². The minimum Gasteiger partial charge on any atom is -0.299 e. The van der Waals surface area contributed by atoms with Gasteiger partial charge in [0.25, 0.3) is 0 Å². The molecule has 0 aliphatic heterocycles. The molecule has 0 saturated carbocycles. The van der Waals surface area contributed by atoms with E-state index in [-0.39, 0.29) is 17.5 Å². The topological polar surface area (TPSA) is 34.1 Å². The highest BCUT2D eigenvalue weighted by atomic mass is 32.1. The summed E-state index contributed by atoms with van der Waals surface area (Å²) < 4.78 is 0. The van der Waals surface area contributed by atoms with Gasteiger partial charge in [-0.15, -0.1) is 11.3 Å². The summed E-state index contributed by atoms with van der Waals surface area (Å²) in [6.07, 6.45) is 0. The molecule has 0 aliphatic rings. The fourth-order valence-electron chi connectivity index (χ4n) is 1.26. The quantitative estimate of drug-likeness (QED) is 0.565. The SMILES string of the molecule is CC(C)C(=O)C(C)C(=O)c1cccs1. The number of Topliss-reactive ketones (excluding diaryl/α,β-unsaturated/α-hetero) is 2. The Morgan fingerprint density at radius 3 is 2.36 bits per heavy atom. The molecule has 1 atom stereocenters. The van der Waals surface area contributed by atoms with Crippen molar-refractivity contribution < 1.29 is 9.59 Å². The largest absolute Gasteiger partial charge is 0.299 e. The van der Waals surface area contributed by atoms with Crippen LogP contribution in [0, 0.1) is 11.8 Å². The van der Waals surface area contributed by atoms with Crippen molar-refractivity contribution in [3.8, 4) is 0 Å². The number of carbonyl (C=O) groups excluding carboxylic acids is 2. The van der Waals surface area contributed by atoms with Crippen LogP contribution in [0.1, 0.15) is 30.4 Å². The number of rotatable bonds is 4. The molecular formula is C11H14O2S. The van der Waals surface area contributed by atoms with Crippen LogP contribution in [0.2, 0.25) is 0 Å². The summed E-state index contributed by atoms with van der Waals surface area (Å²) in [7, 11) is 0. The second kappa shape index (κ2) is 4.51. The van der Waals surface area contributed by atoms with Crippen molar-refractivity contribution in [1.29, 1.82) is 0 Å². The first-order valence-corrected chi connectivity index (χ1v) is 5.53. The third-order valence-electron chi connectivity index (χ3n) is 2.15. The van der Waals surface area contributed by atoms with Crippen LogP contribution >= 0.6 is 11.3 Å². The van der Waals surface area contributed by atoms with E-state index in [1.165, 1.54) is 11.3 Å². The minimum atomic E-state index is -0.506. The van der Waals surface area contributed by atoms with Gasteiger partial charge in [-0.3, -0.25) is 9.59 Å². The van der Waals surface area contributed by atoms with E-state index in [0.29, 0.717) is 4.88 Å². The van der Waals surface area contributed by atoms with Crippen LogP contribution in [-0.4, -0.2) is 11.6 Å². The average molecular weight is 210 g/mol. The minimum absolute atomic E-state index is 0.0170. The van der Waals surface area contributed by atoms with Gasteiger partial charge >= 0.3 is 0 Å². The number of hydrogen-bond acceptors (Lipinski definition) is 3. The maximum Gasteiger partial charge on any atom is 0.182 e. The van der Waals surface area contributed by atoms with Gasteiger partial charge < -0.3 is 0 Å². The van der Waals surface area contributed by atoms with Crippen molar-refractivity contribution in [2.75, 3.05) is 0 Å². The lowest BCUT2D eigenvalue weighted by molar-refractivity contribution is -0.123. The Hall–Kier alpha value is -0.960. The van der Waals surface area contributed by atoms with Crippen LogP contribution in [0.3, 0.4) is 0 Å². The predicted octanol–water partition coefficient (Wildman–Crippen LogP) is 2.79. The molecule has 0 radical (unpaired) electrons. The van der Waals surface area contributed by atoms with E-state index < -0.39 is 5.92 Å². The Labute approximate surface area is 87.9 Å². The highest BCUT2D eigenvalue weighted by molar-refractivity contribution is 7.12. The van der Waals surface area contributed by atoms with E-state index in [1.54, 1.807) is 13.0 Å². The second-order valence-electron chi connectivity index (χ2n) is 3.62. The summed E-state index contributed by atoms with van der Waals surface area (Å²) in [5.74, 6) is -0.621. The van der Waals surface area contributed by atoms with E-state index in [9.17, 15) is 9.59 Å². The molecule has 2 nitrogen and oxygen atoms in total. The molecule has 0 bridgehead atoms. The van der Waals surface area contributed by atoms with Crippen molar-refractivity contribution in [3.63, 3.8) is 0 Å². The van der Waals surface area contributed by atoms with Gasteiger partial charge in [0.15, 0.2) is 5.78 Å². The number of carbonyl (C=O) groups is 2. The van der Waals surface area contributed by atoms with Gasteiger partial charge in [-0.1, -0.05) is 19.9 Å². The summed E-state index contributed by atoms with van der Waals surface area (Å²) >= 11 is 1.39. The third kappa shape index (κ3) is 2.29. The van der Waals surface area contributed by atoms with Gasteiger partial charge in [-0.05, 0) is 18.4 Å². The normalized spacial score (nSPS) is 12.9. The zero-order valence-electron chi connectivity index (χ0n) is 8.61. The fourth-order valence-corrected chi connectivity index (χ4v) is 2.02. The van der Waals surface area contributed by atoms with Crippen LogP contribution in [0.25, 0.3) is 0 Å². The highest BCUT2D eigenvalue weighted by Crippen LogP contribution is 2.17. The first-order valence-electron chi connectivity index (χ1n) is 4.65. The van der Waals surface area contributed by atoms with Crippen LogP contribution in [0.5, 0.6) is 0 Å². The van der Waals surface area contributed by atoms with Gasteiger partial charge in [0.2, 0.25) is 0 Å².